The summed E-state index contributed by atoms with van der Waals surface area (Å²) in [5.74, 6) is -1.22. The highest BCUT2D eigenvalue weighted by atomic mass is 32.2. The monoisotopic (exact) mass is 353 g/mol. The van der Waals surface area contributed by atoms with Crippen LogP contribution in [0, 0.1) is 11.3 Å². The Balaban J connectivity index is 3.14. The van der Waals surface area contributed by atoms with E-state index in [1.807, 2.05) is 6.92 Å². The summed E-state index contributed by atoms with van der Waals surface area (Å²) in [5, 5.41) is 21.4. The summed E-state index contributed by atoms with van der Waals surface area (Å²) >= 11 is 0. The molecule has 0 aromatic heterocycles. The number of rotatable bonds is 7. The fourth-order valence-electron chi connectivity index (χ4n) is 1.52. The van der Waals surface area contributed by atoms with Crippen molar-refractivity contribution in [1.82, 2.24) is 9.62 Å². The molecule has 24 heavy (non-hydrogen) atoms. The second-order valence-electron chi connectivity index (χ2n) is 4.98. The van der Waals surface area contributed by atoms with Crippen LogP contribution in [-0.4, -0.2) is 44.4 Å². The topological polar surface area (TPSA) is 120 Å². The first-order valence-corrected chi connectivity index (χ1v) is 8.42. The van der Waals surface area contributed by atoms with E-state index in [2.05, 4.69) is 5.32 Å². The number of hydrogen-bond donors (Lipinski definition) is 2. The Morgan fingerprint density at radius 1 is 1.46 bits per heavy atom. The smallest absolute Gasteiger partial charge is 0.384 e. The first kappa shape index (κ1) is 19.5. The molecule has 0 atom stereocenters. The van der Waals surface area contributed by atoms with Gasteiger partial charge in [0.05, 0.1) is 0 Å². The zero-order chi connectivity index (χ0) is 18.3. The maximum absolute atomic E-state index is 11.8. The van der Waals surface area contributed by atoms with Crippen LogP contribution in [-0.2, 0) is 15.1 Å². The van der Waals surface area contributed by atoms with E-state index in [4.69, 9.17) is 9.44 Å². The molecule has 9 heteroatoms. The first-order valence-electron chi connectivity index (χ1n) is 7.06. The number of carbonyl (C=O) groups excluding carboxylic acids is 1. The number of nitrogens with one attached hydrogen (secondary N) is 1. The van der Waals surface area contributed by atoms with Crippen LogP contribution >= 0.6 is 0 Å². The van der Waals surface area contributed by atoms with Gasteiger partial charge in [0.2, 0.25) is 0 Å². The maximum atomic E-state index is 11.8. The van der Waals surface area contributed by atoms with Crippen LogP contribution in [0.15, 0.2) is 23.8 Å². The number of nitriles is 1. The molecule has 1 amide bonds. The number of aromatic hydroxyl groups is 1. The SMILES string of the molecule is CCCNC(=O)C(C#N)=Cc1ccc(O)c(OS(=O)(=O)N(C)C)c1. The maximum Gasteiger partial charge on any atom is 0.384 e. The largest absolute Gasteiger partial charge is 0.504 e. The van der Waals surface area contributed by atoms with Crippen molar-refractivity contribution in [1.29, 1.82) is 5.26 Å². The van der Waals surface area contributed by atoms with E-state index in [1.165, 1.54) is 38.4 Å². The Morgan fingerprint density at radius 2 is 2.12 bits per heavy atom. The lowest BCUT2D eigenvalue weighted by Crippen LogP contribution is -2.27. The third-order valence-corrected chi connectivity index (χ3v) is 4.12. The molecule has 0 aliphatic carbocycles. The van der Waals surface area contributed by atoms with Crippen molar-refractivity contribution in [3.8, 4) is 17.6 Å². The second kappa shape index (κ2) is 8.33. The lowest BCUT2D eigenvalue weighted by molar-refractivity contribution is -0.117. The number of benzene rings is 1. The lowest BCUT2D eigenvalue weighted by Gasteiger charge is -2.13. The molecule has 1 rings (SSSR count). The molecule has 0 aliphatic rings. The summed E-state index contributed by atoms with van der Waals surface area (Å²) in [6, 6.07) is 5.64. The molecule has 0 unspecified atom stereocenters. The molecule has 0 heterocycles. The minimum absolute atomic E-state index is 0.143. The van der Waals surface area contributed by atoms with Crippen LogP contribution in [0.25, 0.3) is 6.08 Å². The standard InChI is InChI=1S/C15H19N3O5S/c1-4-7-17-15(20)12(10-16)8-11-5-6-13(19)14(9-11)23-24(21,22)18(2)3/h5-6,8-9,19H,4,7H2,1-3H3,(H,17,20). The fourth-order valence-corrected chi connectivity index (χ4v) is 2.03. The van der Waals surface area contributed by atoms with Crippen molar-refractivity contribution < 1.29 is 22.5 Å². The molecule has 0 radical (unpaired) electrons. The minimum atomic E-state index is -4.04. The van der Waals surface area contributed by atoms with Crippen LogP contribution in [0.5, 0.6) is 11.5 Å². The van der Waals surface area contributed by atoms with Crippen LogP contribution in [0.3, 0.4) is 0 Å². The van der Waals surface area contributed by atoms with Crippen molar-refractivity contribution in [2.45, 2.75) is 13.3 Å². The van der Waals surface area contributed by atoms with E-state index in [9.17, 15) is 18.3 Å². The van der Waals surface area contributed by atoms with Gasteiger partial charge in [0.15, 0.2) is 11.5 Å². The van der Waals surface area contributed by atoms with Crippen LogP contribution in [0.2, 0.25) is 0 Å². The first-order chi connectivity index (χ1) is 11.2. The summed E-state index contributed by atoms with van der Waals surface area (Å²) in [5.41, 5.74) is 0.190. The third kappa shape index (κ3) is 5.26. The predicted octanol–water partition coefficient (Wildman–Crippen LogP) is 1.01. The number of hydrogen-bond acceptors (Lipinski definition) is 6. The van der Waals surface area contributed by atoms with Gasteiger partial charge in [-0.05, 0) is 30.2 Å². The number of nitrogens with zero attached hydrogens (tertiary/aromatic N) is 2. The van der Waals surface area contributed by atoms with Crippen LogP contribution < -0.4 is 9.50 Å². The highest BCUT2D eigenvalue weighted by molar-refractivity contribution is 7.84. The molecular formula is C15H19N3O5S. The zero-order valence-electron chi connectivity index (χ0n) is 13.6. The molecule has 8 nitrogen and oxygen atoms in total. The van der Waals surface area contributed by atoms with E-state index < -0.39 is 16.2 Å². The highest BCUT2D eigenvalue weighted by Gasteiger charge is 2.18. The molecule has 0 fully saturated rings. The van der Waals surface area contributed by atoms with Gasteiger partial charge in [-0.1, -0.05) is 13.0 Å². The summed E-state index contributed by atoms with van der Waals surface area (Å²) in [7, 11) is -1.49. The predicted molar refractivity (Wildman–Crippen MR) is 88.2 cm³/mol. The van der Waals surface area contributed by atoms with Crippen LogP contribution in [0.1, 0.15) is 18.9 Å². The van der Waals surface area contributed by atoms with Gasteiger partial charge in [-0.3, -0.25) is 4.79 Å². The van der Waals surface area contributed by atoms with Crippen molar-refractivity contribution >= 4 is 22.3 Å². The number of amides is 1. The molecule has 2 N–H and O–H groups in total. The second-order valence-corrected chi connectivity index (χ2v) is 6.73. The molecule has 1 aromatic carbocycles. The van der Waals surface area contributed by atoms with Gasteiger partial charge in [0.1, 0.15) is 11.6 Å². The average Bonchev–Trinajstić information content (AvgIpc) is 2.52. The summed E-state index contributed by atoms with van der Waals surface area (Å²) < 4.78 is 29.1. The Morgan fingerprint density at radius 3 is 2.67 bits per heavy atom. The number of carbonyl (C=O) groups is 1. The average molecular weight is 353 g/mol. The Labute approximate surface area is 141 Å². The molecule has 0 aliphatic heterocycles. The summed E-state index contributed by atoms with van der Waals surface area (Å²) in [4.78, 5) is 11.8. The molecule has 0 saturated heterocycles. The molecular weight excluding hydrogens is 334 g/mol. The molecule has 0 saturated carbocycles. The van der Waals surface area contributed by atoms with E-state index in [0.717, 1.165) is 10.7 Å². The van der Waals surface area contributed by atoms with Gasteiger partial charge < -0.3 is 14.6 Å². The zero-order valence-corrected chi connectivity index (χ0v) is 14.4. The van der Waals surface area contributed by atoms with Crippen LogP contribution in [0.4, 0.5) is 0 Å². The molecule has 1 aromatic rings. The van der Waals surface area contributed by atoms with Gasteiger partial charge in [-0.2, -0.15) is 18.0 Å². The third-order valence-electron chi connectivity index (χ3n) is 2.84. The van der Waals surface area contributed by atoms with E-state index in [1.54, 1.807) is 6.07 Å². The number of phenolic OH excluding ortho intramolecular Hbond substituents is 1. The minimum Gasteiger partial charge on any atom is -0.504 e. The Bertz CT molecular complexity index is 779. The quantitative estimate of drug-likeness (QED) is 0.558. The van der Waals surface area contributed by atoms with Gasteiger partial charge in [-0.25, -0.2) is 0 Å². The van der Waals surface area contributed by atoms with E-state index in [0.29, 0.717) is 12.1 Å². The highest BCUT2D eigenvalue weighted by Crippen LogP contribution is 2.29. The van der Waals surface area contributed by atoms with E-state index >= 15 is 0 Å². The Hall–Kier alpha value is -2.57. The molecule has 0 bridgehead atoms. The molecule has 0 spiro atoms. The van der Waals surface area contributed by atoms with E-state index in [-0.39, 0.29) is 17.1 Å². The summed E-state index contributed by atoms with van der Waals surface area (Å²) in [6.07, 6.45) is 2.00. The van der Waals surface area contributed by atoms with Gasteiger partial charge in [0, 0.05) is 20.6 Å². The summed E-state index contributed by atoms with van der Waals surface area (Å²) in [6.45, 7) is 2.31. The fraction of sp³-hybridized carbons (Fsp3) is 0.333. The lowest BCUT2D eigenvalue weighted by atomic mass is 10.1. The number of phenols is 1. The van der Waals surface area contributed by atoms with Gasteiger partial charge in [-0.15, -0.1) is 0 Å². The van der Waals surface area contributed by atoms with Crippen molar-refractivity contribution in [2.24, 2.45) is 0 Å². The van der Waals surface area contributed by atoms with Crippen molar-refractivity contribution in [2.75, 3.05) is 20.6 Å². The Kier molecular flexibility index (Phi) is 6.76. The normalized spacial score (nSPS) is 11.9. The van der Waals surface area contributed by atoms with Gasteiger partial charge in [0.25, 0.3) is 5.91 Å². The van der Waals surface area contributed by atoms with Gasteiger partial charge >= 0.3 is 10.3 Å². The van der Waals surface area contributed by atoms with Crippen molar-refractivity contribution in [3.05, 3.63) is 29.3 Å². The van der Waals surface area contributed by atoms with Crippen molar-refractivity contribution in [3.63, 3.8) is 0 Å². The molecule has 130 valence electrons.